The molecule has 0 saturated heterocycles. The van der Waals surface area contributed by atoms with Crippen LogP contribution in [0.1, 0.15) is 24.0 Å². The molecule has 4 nitrogen and oxygen atoms in total. The molecule has 5 heteroatoms. The van der Waals surface area contributed by atoms with Gasteiger partial charge in [0.25, 0.3) is 0 Å². The molecule has 2 aromatic rings. The number of aliphatic hydroxyl groups is 1. The Morgan fingerprint density at radius 1 is 1.24 bits per heavy atom. The van der Waals surface area contributed by atoms with Crippen LogP contribution in [0.25, 0.3) is 0 Å². The van der Waals surface area contributed by atoms with Crippen molar-refractivity contribution in [2.45, 2.75) is 30.9 Å². The van der Waals surface area contributed by atoms with E-state index >= 15 is 0 Å². The first-order valence-electron chi connectivity index (χ1n) is 6.81. The van der Waals surface area contributed by atoms with Crippen LogP contribution in [0, 0.1) is 6.92 Å². The second-order valence-electron chi connectivity index (χ2n) is 5.39. The van der Waals surface area contributed by atoms with E-state index in [4.69, 9.17) is 4.42 Å². The molecule has 1 aromatic carbocycles. The zero-order valence-corrected chi connectivity index (χ0v) is 13.4. The number of benzene rings is 1. The van der Waals surface area contributed by atoms with Crippen molar-refractivity contribution in [3.05, 3.63) is 53.5 Å². The Morgan fingerprint density at radius 2 is 1.90 bits per heavy atom. The SMILES string of the molecule is Cc1ccc(C(C)(O)CNCc2ccc(S(C)=O)cc2)o1. The lowest BCUT2D eigenvalue weighted by atomic mass is 10.0. The number of furan rings is 1. The number of hydrogen-bond acceptors (Lipinski definition) is 4. The lowest BCUT2D eigenvalue weighted by Crippen LogP contribution is -2.34. The third kappa shape index (κ3) is 4.27. The molecular weight excluding hydrogens is 286 g/mol. The summed E-state index contributed by atoms with van der Waals surface area (Å²) in [5.41, 5.74) is 0.0367. The monoisotopic (exact) mass is 307 g/mol. The molecular formula is C16H21NO3S. The molecule has 21 heavy (non-hydrogen) atoms. The van der Waals surface area contributed by atoms with Crippen LogP contribution in [0.15, 0.2) is 45.7 Å². The molecule has 0 aliphatic rings. The molecule has 2 rings (SSSR count). The second kappa shape index (κ2) is 6.56. The quantitative estimate of drug-likeness (QED) is 0.860. The smallest absolute Gasteiger partial charge is 0.136 e. The van der Waals surface area contributed by atoms with Gasteiger partial charge in [0.15, 0.2) is 0 Å². The van der Waals surface area contributed by atoms with Gasteiger partial charge in [-0.2, -0.15) is 0 Å². The van der Waals surface area contributed by atoms with E-state index in [1.54, 1.807) is 19.2 Å². The van der Waals surface area contributed by atoms with Gasteiger partial charge < -0.3 is 14.8 Å². The summed E-state index contributed by atoms with van der Waals surface area (Å²) >= 11 is 0. The van der Waals surface area contributed by atoms with Gasteiger partial charge in [0.1, 0.15) is 17.1 Å². The minimum Gasteiger partial charge on any atom is -0.463 e. The molecule has 0 spiro atoms. The molecule has 2 atom stereocenters. The van der Waals surface area contributed by atoms with Crippen molar-refractivity contribution in [2.75, 3.05) is 12.8 Å². The fourth-order valence-corrected chi connectivity index (χ4v) is 2.58. The highest BCUT2D eigenvalue weighted by Crippen LogP contribution is 2.22. The Bertz CT molecular complexity index is 617. The average Bonchev–Trinajstić information content (AvgIpc) is 2.87. The molecule has 0 saturated carbocycles. The summed E-state index contributed by atoms with van der Waals surface area (Å²) in [6.07, 6.45) is 1.66. The maximum atomic E-state index is 11.3. The summed E-state index contributed by atoms with van der Waals surface area (Å²) in [6.45, 7) is 4.60. The van der Waals surface area contributed by atoms with E-state index in [0.717, 1.165) is 16.2 Å². The largest absolute Gasteiger partial charge is 0.463 e. The Kier molecular flexibility index (Phi) is 4.98. The Labute approximate surface area is 127 Å². The third-order valence-corrected chi connectivity index (χ3v) is 4.26. The molecule has 1 heterocycles. The van der Waals surface area contributed by atoms with Crippen LogP contribution in [0.2, 0.25) is 0 Å². The van der Waals surface area contributed by atoms with Crippen LogP contribution in [-0.2, 0) is 22.9 Å². The van der Waals surface area contributed by atoms with Crippen LogP contribution < -0.4 is 5.32 Å². The summed E-state index contributed by atoms with van der Waals surface area (Å²) in [5, 5.41) is 13.6. The van der Waals surface area contributed by atoms with Crippen LogP contribution >= 0.6 is 0 Å². The molecule has 0 bridgehead atoms. The Hall–Kier alpha value is -1.43. The van der Waals surface area contributed by atoms with Gasteiger partial charge in [-0.1, -0.05) is 12.1 Å². The average molecular weight is 307 g/mol. The summed E-state index contributed by atoms with van der Waals surface area (Å²) in [7, 11) is -0.952. The van der Waals surface area contributed by atoms with Gasteiger partial charge in [0.2, 0.25) is 0 Å². The van der Waals surface area contributed by atoms with Crippen molar-refractivity contribution in [1.29, 1.82) is 0 Å². The van der Waals surface area contributed by atoms with E-state index in [0.29, 0.717) is 18.8 Å². The fourth-order valence-electron chi connectivity index (χ4n) is 2.06. The van der Waals surface area contributed by atoms with E-state index in [1.165, 1.54) is 0 Å². The fraction of sp³-hybridized carbons (Fsp3) is 0.375. The number of nitrogens with one attached hydrogen (secondary N) is 1. The summed E-state index contributed by atoms with van der Waals surface area (Å²) in [5.74, 6) is 1.35. The third-order valence-electron chi connectivity index (χ3n) is 3.32. The van der Waals surface area contributed by atoms with Crippen molar-refractivity contribution >= 4 is 10.8 Å². The van der Waals surface area contributed by atoms with E-state index in [1.807, 2.05) is 37.3 Å². The number of aryl methyl sites for hydroxylation is 1. The van der Waals surface area contributed by atoms with E-state index in [9.17, 15) is 9.32 Å². The standard InChI is InChI=1S/C16H21NO3S/c1-12-4-9-15(20-12)16(2,18)11-17-10-13-5-7-14(8-6-13)21(3)19/h4-9,17-18H,10-11H2,1-3H3. The lowest BCUT2D eigenvalue weighted by Gasteiger charge is -2.21. The lowest BCUT2D eigenvalue weighted by molar-refractivity contribution is 0.0333. The maximum absolute atomic E-state index is 11.3. The topological polar surface area (TPSA) is 62.5 Å². The summed E-state index contributed by atoms with van der Waals surface area (Å²) in [6, 6.07) is 11.2. The normalized spacial score (nSPS) is 15.6. The van der Waals surface area contributed by atoms with Crippen LogP contribution in [0.5, 0.6) is 0 Å². The molecule has 114 valence electrons. The molecule has 2 unspecified atom stereocenters. The first-order valence-corrected chi connectivity index (χ1v) is 8.37. The molecule has 0 amide bonds. The Balaban J connectivity index is 1.90. The van der Waals surface area contributed by atoms with Gasteiger partial charge in [0.05, 0.1) is 0 Å². The number of hydrogen-bond donors (Lipinski definition) is 2. The number of rotatable bonds is 6. The van der Waals surface area contributed by atoms with Gasteiger partial charge in [-0.3, -0.25) is 4.21 Å². The van der Waals surface area contributed by atoms with E-state index in [-0.39, 0.29) is 0 Å². The molecule has 0 radical (unpaired) electrons. The zero-order chi connectivity index (χ0) is 15.5. The highest BCUT2D eigenvalue weighted by Gasteiger charge is 2.26. The second-order valence-corrected chi connectivity index (χ2v) is 6.77. The van der Waals surface area contributed by atoms with E-state index in [2.05, 4.69) is 5.32 Å². The summed E-state index contributed by atoms with van der Waals surface area (Å²) in [4.78, 5) is 0.816. The van der Waals surface area contributed by atoms with Gasteiger partial charge in [-0.05, 0) is 43.7 Å². The van der Waals surface area contributed by atoms with Gasteiger partial charge in [-0.25, -0.2) is 0 Å². The van der Waals surface area contributed by atoms with Crippen LogP contribution in [-0.4, -0.2) is 22.1 Å². The minimum absolute atomic E-state index is 0.390. The highest BCUT2D eigenvalue weighted by molar-refractivity contribution is 7.84. The molecule has 2 N–H and O–H groups in total. The predicted molar refractivity (Wildman–Crippen MR) is 83.5 cm³/mol. The van der Waals surface area contributed by atoms with Crippen molar-refractivity contribution in [2.24, 2.45) is 0 Å². The summed E-state index contributed by atoms with van der Waals surface area (Å²) < 4.78 is 16.8. The highest BCUT2D eigenvalue weighted by atomic mass is 32.2. The first kappa shape index (κ1) is 15.9. The maximum Gasteiger partial charge on any atom is 0.136 e. The Morgan fingerprint density at radius 3 is 2.43 bits per heavy atom. The van der Waals surface area contributed by atoms with Crippen LogP contribution in [0.3, 0.4) is 0 Å². The molecule has 1 aromatic heterocycles. The van der Waals surface area contributed by atoms with Crippen molar-refractivity contribution < 1.29 is 13.7 Å². The van der Waals surface area contributed by atoms with Gasteiger partial charge in [0, 0.05) is 35.0 Å². The van der Waals surface area contributed by atoms with Gasteiger partial charge >= 0.3 is 0 Å². The molecule has 0 aliphatic heterocycles. The van der Waals surface area contributed by atoms with Gasteiger partial charge in [-0.15, -0.1) is 0 Å². The van der Waals surface area contributed by atoms with Crippen molar-refractivity contribution in [1.82, 2.24) is 5.32 Å². The minimum atomic E-state index is -1.04. The zero-order valence-electron chi connectivity index (χ0n) is 12.6. The van der Waals surface area contributed by atoms with Crippen LogP contribution in [0.4, 0.5) is 0 Å². The molecule has 0 fully saturated rings. The van der Waals surface area contributed by atoms with Crippen molar-refractivity contribution in [3.63, 3.8) is 0 Å². The predicted octanol–water partition coefficient (Wildman–Crippen LogP) is 2.32. The molecule has 0 aliphatic carbocycles. The van der Waals surface area contributed by atoms with Crippen molar-refractivity contribution in [3.8, 4) is 0 Å². The first-order chi connectivity index (χ1) is 9.88. The van der Waals surface area contributed by atoms with E-state index < -0.39 is 16.4 Å².